The fourth-order valence-corrected chi connectivity index (χ4v) is 3.32. The number of benzene rings is 1. The minimum atomic E-state index is 0.733. The molecule has 2 aromatic rings. The molecule has 7 heteroatoms. The molecule has 0 aliphatic heterocycles. The van der Waals surface area contributed by atoms with Gasteiger partial charge in [0.25, 0.3) is 0 Å². The quantitative estimate of drug-likeness (QED) is 0.603. The van der Waals surface area contributed by atoms with Crippen LogP contribution in [0.4, 0.5) is 10.8 Å². The minimum absolute atomic E-state index is 0.733. The minimum Gasteiger partial charge on any atom is -0.381 e. The summed E-state index contributed by atoms with van der Waals surface area (Å²) in [6.45, 7) is 5.45. The summed E-state index contributed by atoms with van der Waals surface area (Å²) in [5, 5.41) is 13.0. The number of aromatic nitrogens is 2. The van der Waals surface area contributed by atoms with Gasteiger partial charge in [-0.15, -0.1) is 10.2 Å². The number of thioether (sulfide) groups is 1. The van der Waals surface area contributed by atoms with Gasteiger partial charge in [-0.1, -0.05) is 40.8 Å². The molecule has 1 aromatic heterocycles. The van der Waals surface area contributed by atoms with E-state index in [1.807, 2.05) is 32.0 Å². The number of hydrogen-bond donors (Lipinski definition) is 1. The van der Waals surface area contributed by atoms with Crippen molar-refractivity contribution in [3.05, 3.63) is 28.8 Å². The SMILES string of the molecule is CCOCCSc1nnc(Nc2ccc(C)c(Cl)c2)s1. The lowest BCUT2D eigenvalue weighted by Gasteiger charge is -2.03. The van der Waals surface area contributed by atoms with Gasteiger partial charge in [-0.05, 0) is 31.5 Å². The third-order valence-corrected chi connectivity index (χ3v) is 4.83. The van der Waals surface area contributed by atoms with Crippen molar-refractivity contribution in [2.24, 2.45) is 0 Å². The van der Waals surface area contributed by atoms with Crippen LogP contribution in [-0.2, 0) is 4.74 Å². The summed E-state index contributed by atoms with van der Waals surface area (Å²) in [6.07, 6.45) is 0. The van der Waals surface area contributed by atoms with Crippen LogP contribution in [-0.4, -0.2) is 29.2 Å². The van der Waals surface area contributed by atoms with Crippen LogP contribution in [0.3, 0.4) is 0 Å². The zero-order valence-electron chi connectivity index (χ0n) is 11.4. The normalized spacial score (nSPS) is 10.8. The van der Waals surface area contributed by atoms with Gasteiger partial charge in [-0.3, -0.25) is 0 Å². The number of anilines is 2. The molecule has 0 spiro atoms. The molecule has 108 valence electrons. The smallest absolute Gasteiger partial charge is 0.210 e. The number of ether oxygens (including phenoxy) is 1. The van der Waals surface area contributed by atoms with Crippen molar-refractivity contribution in [3.8, 4) is 0 Å². The third-order valence-electron chi connectivity index (χ3n) is 2.49. The molecule has 0 unspecified atom stereocenters. The highest BCUT2D eigenvalue weighted by molar-refractivity contribution is 8.01. The lowest BCUT2D eigenvalue weighted by atomic mass is 10.2. The maximum atomic E-state index is 6.09. The number of rotatable bonds is 7. The zero-order chi connectivity index (χ0) is 14.4. The van der Waals surface area contributed by atoms with E-state index in [9.17, 15) is 0 Å². The van der Waals surface area contributed by atoms with Crippen molar-refractivity contribution in [2.45, 2.75) is 18.2 Å². The molecule has 0 saturated carbocycles. The van der Waals surface area contributed by atoms with Crippen molar-refractivity contribution in [1.29, 1.82) is 0 Å². The molecule has 0 amide bonds. The lowest BCUT2D eigenvalue weighted by molar-refractivity contribution is 0.164. The Bertz CT molecular complexity index is 562. The standard InChI is InChI=1S/C13H16ClN3OS2/c1-3-18-6-7-19-13-17-16-12(20-13)15-10-5-4-9(2)11(14)8-10/h4-5,8H,3,6-7H2,1-2H3,(H,15,16). The molecule has 1 heterocycles. The Morgan fingerprint density at radius 2 is 2.25 bits per heavy atom. The molecule has 0 radical (unpaired) electrons. The highest BCUT2D eigenvalue weighted by Gasteiger charge is 2.06. The third kappa shape index (κ3) is 4.63. The van der Waals surface area contributed by atoms with Crippen molar-refractivity contribution in [3.63, 3.8) is 0 Å². The zero-order valence-corrected chi connectivity index (χ0v) is 13.7. The summed E-state index contributed by atoms with van der Waals surface area (Å²) in [6, 6.07) is 5.84. The van der Waals surface area contributed by atoms with Crippen LogP contribution in [0, 0.1) is 6.92 Å². The predicted octanol–water partition coefficient (Wildman–Crippen LogP) is 4.37. The van der Waals surface area contributed by atoms with Gasteiger partial charge in [0.2, 0.25) is 5.13 Å². The summed E-state index contributed by atoms with van der Waals surface area (Å²) < 4.78 is 6.22. The average molecular weight is 330 g/mol. The van der Waals surface area contributed by atoms with Gasteiger partial charge in [0.1, 0.15) is 0 Å². The topological polar surface area (TPSA) is 47.0 Å². The summed E-state index contributed by atoms with van der Waals surface area (Å²) in [5.74, 6) is 0.888. The van der Waals surface area contributed by atoms with Gasteiger partial charge >= 0.3 is 0 Å². The second-order valence-electron chi connectivity index (χ2n) is 4.01. The van der Waals surface area contributed by atoms with E-state index in [0.29, 0.717) is 0 Å². The molecule has 0 aliphatic rings. The maximum Gasteiger partial charge on any atom is 0.210 e. The van der Waals surface area contributed by atoms with E-state index >= 15 is 0 Å². The fourth-order valence-electron chi connectivity index (χ4n) is 1.44. The molecule has 0 saturated heterocycles. The maximum absolute atomic E-state index is 6.09. The monoisotopic (exact) mass is 329 g/mol. The Morgan fingerprint density at radius 3 is 3.00 bits per heavy atom. The van der Waals surface area contributed by atoms with Gasteiger partial charge < -0.3 is 10.1 Å². The molecule has 20 heavy (non-hydrogen) atoms. The van der Waals surface area contributed by atoms with Gasteiger partial charge in [0, 0.05) is 23.1 Å². The molecule has 4 nitrogen and oxygen atoms in total. The Hall–Kier alpha value is -0.820. The summed E-state index contributed by atoms with van der Waals surface area (Å²) >= 11 is 9.27. The fraction of sp³-hybridized carbons (Fsp3) is 0.385. The second kappa shape index (κ2) is 7.83. The largest absolute Gasteiger partial charge is 0.381 e. The first kappa shape index (κ1) is 15.6. The van der Waals surface area contributed by atoms with Gasteiger partial charge in [-0.2, -0.15) is 0 Å². The summed E-state index contributed by atoms with van der Waals surface area (Å²) in [5.41, 5.74) is 1.98. The molecule has 1 N–H and O–H groups in total. The Balaban J connectivity index is 1.90. The van der Waals surface area contributed by atoms with Crippen LogP contribution in [0.5, 0.6) is 0 Å². The lowest BCUT2D eigenvalue weighted by Crippen LogP contribution is -1.95. The molecular formula is C13H16ClN3OS2. The van der Waals surface area contributed by atoms with Crippen molar-refractivity contribution in [1.82, 2.24) is 10.2 Å². The van der Waals surface area contributed by atoms with Crippen molar-refractivity contribution in [2.75, 3.05) is 24.3 Å². The van der Waals surface area contributed by atoms with Crippen molar-refractivity contribution < 1.29 is 4.74 Å². The number of aryl methyl sites for hydroxylation is 1. The number of nitrogens with zero attached hydrogens (tertiary/aromatic N) is 2. The Morgan fingerprint density at radius 1 is 1.40 bits per heavy atom. The van der Waals surface area contributed by atoms with Crippen LogP contribution >= 0.6 is 34.7 Å². The molecular weight excluding hydrogens is 314 g/mol. The summed E-state index contributed by atoms with van der Waals surface area (Å²) in [4.78, 5) is 0. The van der Waals surface area contributed by atoms with E-state index in [1.165, 1.54) is 11.3 Å². The van der Waals surface area contributed by atoms with E-state index in [1.54, 1.807) is 11.8 Å². The van der Waals surface area contributed by atoms with Crippen LogP contribution < -0.4 is 5.32 Å². The Labute approximate surface area is 131 Å². The molecule has 0 fully saturated rings. The number of hydrogen-bond acceptors (Lipinski definition) is 6. The summed E-state index contributed by atoms with van der Waals surface area (Å²) in [7, 11) is 0. The van der Waals surface area contributed by atoms with E-state index < -0.39 is 0 Å². The average Bonchev–Trinajstić information content (AvgIpc) is 2.87. The second-order valence-corrected chi connectivity index (χ2v) is 6.73. The van der Waals surface area contributed by atoms with Crippen LogP contribution in [0.2, 0.25) is 5.02 Å². The van der Waals surface area contributed by atoms with Gasteiger partial charge in [0.05, 0.1) is 6.61 Å². The first-order valence-electron chi connectivity index (χ1n) is 6.26. The van der Waals surface area contributed by atoms with E-state index in [2.05, 4.69) is 15.5 Å². The first-order valence-corrected chi connectivity index (χ1v) is 8.44. The highest BCUT2D eigenvalue weighted by atomic mass is 35.5. The van der Waals surface area contributed by atoms with E-state index in [-0.39, 0.29) is 0 Å². The van der Waals surface area contributed by atoms with Gasteiger partial charge in [-0.25, -0.2) is 0 Å². The van der Waals surface area contributed by atoms with Crippen LogP contribution in [0.15, 0.2) is 22.5 Å². The Kier molecular flexibility index (Phi) is 6.09. The molecule has 0 atom stereocenters. The number of nitrogens with one attached hydrogen (secondary N) is 1. The molecule has 1 aromatic carbocycles. The van der Waals surface area contributed by atoms with Crippen LogP contribution in [0.25, 0.3) is 0 Å². The van der Waals surface area contributed by atoms with Crippen LogP contribution in [0.1, 0.15) is 12.5 Å². The molecule has 2 rings (SSSR count). The first-order chi connectivity index (χ1) is 9.69. The highest BCUT2D eigenvalue weighted by Crippen LogP contribution is 2.28. The van der Waals surface area contributed by atoms with E-state index in [4.69, 9.17) is 16.3 Å². The van der Waals surface area contributed by atoms with Crippen molar-refractivity contribution >= 4 is 45.5 Å². The van der Waals surface area contributed by atoms with E-state index in [0.717, 1.165) is 44.7 Å². The molecule has 0 bridgehead atoms. The predicted molar refractivity (Wildman–Crippen MR) is 86.6 cm³/mol. The van der Waals surface area contributed by atoms with Gasteiger partial charge in [0.15, 0.2) is 4.34 Å². The molecule has 0 aliphatic carbocycles. The number of halogens is 1.